The third-order valence-corrected chi connectivity index (χ3v) is 6.34. The fourth-order valence-corrected chi connectivity index (χ4v) is 4.65. The summed E-state index contributed by atoms with van der Waals surface area (Å²) in [5, 5.41) is 12.3. The van der Waals surface area contributed by atoms with Crippen LogP contribution in [0.5, 0.6) is 0 Å². The summed E-state index contributed by atoms with van der Waals surface area (Å²) in [5.74, 6) is -1.21. The second-order valence-electron chi connectivity index (χ2n) is 8.01. The van der Waals surface area contributed by atoms with E-state index in [1.165, 1.54) is 12.1 Å². The predicted molar refractivity (Wildman–Crippen MR) is 117 cm³/mol. The number of halogens is 3. The number of nitrogens with zero attached hydrogens (tertiary/aromatic N) is 4. The summed E-state index contributed by atoms with van der Waals surface area (Å²) in [6.07, 6.45) is 1.60. The number of rotatable bonds is 3. The molecule has 0 unspecified atom stereocenters. The Hall–Kier alpha value is -3.01. The maximum absolute atomic E-state index is 14.7. The smallest absolute Gasteiger partial charge is 0.146 e. The first-order valence-electron chi connectivity index (χ1n) is 10.1. The first-order valence-corrected chi connectivity index (χ1v) is 10.5. The molecule has 0 aliphatic carbocycles. The Kier molecular flexibility index (Phi) is 4.88. The topological polar surface area (TPSA) is 44.3 Å². The minimum Gasteiger partial charge on any atom is -0.297 e. The van der Waals surface area contributed by atoms with Gasteiger partial charge in [0.15, 0.2) is 0 Å². The SMILES string of the molecule is C=c1c2ccc(Cl)cc2c2nc(-c3ccc(F)cc3F)c(CN3CCC(C#N)CC3)n12. The summed E-state index contributed by atoms with van der Waals surface area (Å²) in [6, 6.07) is 11.4. The van der Waals surface area contributed by atoms with Gasteiger partial charge in [-0.25, -0.2) is 13.8 Å². The second kappa shape index (κ2) is 7.60. The van der Waals surface area contributed by atoms with Crippen LogP contribution in [0, 0.1) is 28.9 Å². The van der Waals surface area contributed by atoms with E-state index in [0.29, 0.717) is 22.9 Å². The molecule has 1 aliphatic rings. The van der Waals surface area contributed by atoms with E-state index >= 15 is 0 Å². The van der Waals surface area contributed by atoms with E-state index in [-0.39, 0.29) is 11.5 Å². The van der Waals surface area contributed by atoms with Crippen molar-refractivity contribution in [2.45, 2.75) is 19.4 Å². The number of piperidine rings is 1. The van der Waals surface area contributed by atoms with E-state index < -0.39 is 11.6 Å². The molecule has 1 saturated heterocycles. The Morgan fingerprint density at radius 3 is 2.61 bits per heavy atom. The zero-order valence-corrected chi connectivity index (χ0v) is 17.5. The van der Waals surface area contributed by atoms with Crippen molar-refractivity contribution < 1.29 is 8.78 Å². The van der Waals surface area contributed by atoms with Crippen molar-refractivity contribution >= 4 is 34.6 Å². The molecule has 5 rings (SSSR count). The normalized spacial score (nSPS) is 15.7. The lowest BCUT2D eigenvalue weighted by molar-refractivity contribution is 0.196. The van der Waals surface area contributed by atoms with Gasteiger partial charge in [0.2, 0.25) is 0 Å². The number of imidazole rings is 1. The van der Waals surface area contributed by atoms with E-state index in [1.54, 1.807) is 0 Å². The van der Waals surface area contributed by atoms with Gasteiger partial charge in [-0.1, -0.05) is 24.2 Å². The third-order valence-electron chi connectivity index (χ3n) is 6.11. The van der Waals surface area contributed by atoms with Crippen molar-refractivity contribution in [1.29, 1.82) is 5.26 Å². The van der Waals surface area contributed by atoms with Gasteiger partial charge in [-0.2, -0.15) is 5.26 Å². The van der Waals surface area contributed by atoms with E-state index in [2.05, 4.69) is 17.5 Å². The molecule has 0 N–H and O–H groups in total. The largest absolute Gasteiger partial charge is 0.297 e. The first-order chi connectivity index (χ1) is 15.0. The van der Waals surface area contributed by atoms with Crippen molar-refractivity contribution in [2.75, 3.05) is 13.1 Å². The Morgan fingerprint density at radius 1 is 1.13 bits per heavy atom. The van der Waals surface area contributed by atoms with Crippen LogP contribution >= 0.6 is 11.6 Å². The minimum absolute atomic E-state index is 0.0720. The lowest BCUT2D eigenvalue weighted by Gasteiger charge is -2.29. The van der Waals surface area contributed by atoms with Gasteiger partial charge in [0.1, 0.15) is 17.3 Å². The third kappa shape index (κ3) is 3.34. The van der Waals surface area contributed by atoms with Crippen LogP contribution in [-0.4, -0.2) is 27.4 Å². The van der Waals surface area contributed by atoms with Crippen molar-refractivity contribution in [1.82, 2.24) is 14.3 Å². The molecule has 1 fully saturated rings. The predicted octanol–water partition coefficient (Wildman–Crippen LogP) is 4.95. The van der Waals surface area contributed by atoms with Crippen LogP contribution in [0.3, 0.4) is 0 Å². The summed E-state index contributed by atoms with van der Waals surface area (Å²) < 4.78 is 30.2. The van der Waals surface area contributed by atoms with Crippen molar-refractivity contribution in [2.24, 2.45) is 5.92 Å². The Bertz CT molecular complexity index is 1400. The van der Waals surface area contributed by atoms with Crippen LogP contribution in [0.1, 0.15) is 18.5 Å². The molecule has 0 amide bonds. The number of hydrogen-bond donors (Lipinski definition) is 0. The van der Waals surface area contributed by atoms with Gasteiger partial charge >= 0.3 is 0 Å². The van der Waals surface area contributed by atoms with E-state index in [0.717, 1.165) is 53.8 Å². The molecule has 0 atom stereocenters. The average Bonchev–Trinajstić information content (AvgIpc) is 3.24. The van der Waals surface area contributed by atoms with Crippen LogP contribution in [-0.2, 0) is 6.54 Å². The van der Waals surface area contributed by atoms with Gasteiger partial charge in [0.05, 0.1) is 17.5 Å². The molecule has 7 heteroatoms. The second-order valence-corrected chi connectivity index (χ2v) is 8.44. The highest BCUT2D eigenvalue weighted by Crippen LogP contribution is 2.32. The number of hydrogen-bond acceptors (Lipinski definition) is 3. The quantitative estimate of drug-likeness (QED) is 0.456. The summed E-state index contributed by atoms with van der Waals surface area (Å²) in [4.78, 5) is 7.03. The van der Waals surface area contributed by atoms with Gasteiger partial charge in [-0.3, -0.25) is 9.30 Å². The van der Waals surface area contributed by atoms with Gasteiger partial charge in [0.25, 0.3) is 0 Å². The van der Waals surface area contributed by atoms with Crippen molar-refractivity contribution in [3.8, 4) is 17.3 Å². The molecular weight excluding hydrogens is 418 g/mol. The van der Waals surface area contributed by atoms with E-state index in [4.69, 9.17) is 16.6 Å². The number of nitriles is 1. The summed E-state index contributed by atoms with van der Waals surface area (Å²) >= 11 is 6.22. The maximum Gasteiger partial charge on any atom is 0.146 e. The molecule has 0 spiro atoms. The van der Waals surface area contributed by atoms with Crippen LogP contribution in [0.2, 0.25) is 5.02 Å². The number of likely N-dealkylation sites (tertiary alicyclic amines) is 1. The van der Waals surface area contributed by atoms with Gasteiger partial charge in [-0.15, -0.1) is 0 Å². The van der Waals surface area contributed by atoms with Crippen molar-refractivity contribution in [3.05, 3.63) is 64.1 Å². The lowest BCUT2D eigenvalue weighted by atomic mass is 9.98. The highest BCUT2D eigenvalue weighted by molar-refractivity contribution is 6.31. The molecule has 4 aromatic rings. The highest BCUT2D eigenvalue weighted by Gasteiger charge is 2.25. The maximum atomic E-state index is 14.7. The molecule has 4 nitrogen and oxygen atoms in total. The molecule has 0 bridgehead atoms. The molecule has 0 radical (unpaired) electrons. The number of fused-ring (bicyclic) bond motifs is 3. The van der Waals surface area contributed by atoms with Gasteiger partial charge in [-0.05, 0) is 50.2 Å². The molecular formula is C24H19ClF2N4. The van der Waals surface area contributed by atoms with Gasteiger partial charge < -0.3 is 0 Å². The van der Waals surface area contributed by atoms with Crippen LogP contribution in [0.4, 0.5) is 8.78 Å². The molecule has 0 saturated carbocycles. The summed E-state index contributed by atoms with van der Waals surface area (Å²) in [6.45, 7) is 6.33. The zero-order valence-electron chi connectivity index (χ0n) is 16.7. The summed E-state index contributed by atoms with van der Waals surface area (Å²) in [7, 11) is 0. The monoisotopic (exact) mass is 436 g/mol. The summed E-state index contributed by atoms with van der Waals surface area (Å²) in [5.41, 5.74) is 2.18. The molecule has 3 heterocycles. The molecule has 2 aromatic carbocycles. The van der Waals surface area contributed by atoms with Gasteiger partial charge in [0, 0.05) is 45.2 Å². The van der Waals surface area contributed by atoms with Crippen LogP contribution in [0.25, 0.3) is 34.3 Å². The van der Waals surface area contributed by atoms with Crippen molar-refractivity contribution in [3.63, 3.8) is 0 Å². The minimum atomic E-state index is -0.654. The van der Waals surface area contributed by atoms with E-state index in [1.807, 2.05) is 22.6 Å². The Labute approximate surface area is 183 Å². The van der Waals surface area contributed by atoms with Crippen LogP contribution < -0.4 is 5.35 Å². The molecule has 2 aromatic heterocycles. The lowest BCUT2D eigenvalue weighted by Crippen LogP contribution is -2.33. The Morgan fingerprint density at radius 2 is 1.90 bits per heavy atom. The Balaban J connectivity index is 1.71. The average molecular weight is 437 g/mol. The fraction of sp³-hybridized carbons (Fsp3) is 0.250. The standard InChI is InChI=1S/C24H19ClF2N4/c1-14-18-4-2-16(25)10-20(18)24-29-23(19-5-3-17(26)11-21(19)27)22(31(14)24)13-30-8-6-15(12-28)7-9-30/h2-5,10-11,15H,1,6-9,13H2. The number of benzene rings is 2. The molecule has 156 valence electrons. The fourth-order valence-electron chi connectivity index (χ4n) is 4.47. The number of aromatic nitrogens is 2. The molecule has 1 aliphatic heterocycles. The first kappa shape index (κ1) is 19.9. The van der Waals surface area contributed by atoms with E-state index in [9.17, 15) is 14.0 Å². The van der Waals surface area contributed by atoms with Crippen LogP contribution in [0.15, 0.2) is 36.4 Å². The zero-order chi connectivity index (χ0) is 21.7. The highest BCUT2D eigenvalue weighted by atomic mass is 35.5. The molecule has 31 heavy (non-hydrogen) atoms.